The van der Waals surface area contributed by atoms with Crippen LogP contribution in [0, 0.1) is 23.7 Å². The lowest BCUT2D eigenvalue weighted by atomic mass is 10.0. The van der Waals surface area contributed by atoms with Gasteiger partial charge in [-0.1, -0.05) is 0 Å². The molecule has 3 saturated carbocycles. The molecule has 0 saturated heterocycles. The van der Waals surface area contributed by atoms with Gasteiger partial charge in [0.05, 0.1) is 12.4 Å². The van der Waals surface area contributed by atoms with Crippen molar-refractivity contribution in [1.82, 2.24) is 15.3 Å². The number of carbonyl (C=O) groups is 1. The van der Waals surface area contributed by atoms with E-state index in [1.165, 1.54) is 31.7 Å². The molecule has 0 aromatic carbocycles. The standard InChI is InChI=1S/C13H17N5O/c14-18-9-5-15-4-8(16-9)13(19)17-12-10-6-1-2-7(3-6)11(10)12/h4-7,10-12H,1-3,14H2,(H,16,18)(H,17,19). The Bertz CT molecular complexity index is 518. The van der Waals surface area contributed by atoms with E-state index in [4.69, 9.17) is 5.84 Å². The summed E-state index contributed by atoms with van der Waals surface area (Å²) in [7, 11) is 0. The average molecular weight is 259 g/mol. The summed E-state index contributed by atoms with van der Waals surface area (Å²) >= 11 is 0. The van der Waals surface area contributed by atoms with Crippen molar-refractivity contribution < 1.29 is 4.79 Å². The Hall–Kier alpha value is -1.69. The van der Waals surface area contributed by atoms with Gasteiger partial charge in [-0.3, -0.25) is 9.78 Å². The molecule has 3 aliphatic rings. The number of hydrogen-bond acceptors (Lipinski definition) is 5. The molecule has 4 rings (SSSR count). The number of amides is 1. The number of hydrazine groups is 1. The Labute approximate surface area is 111 Å². The van der Waals surface area contributed by atoms with Crippen LogP contribution in [-0.4, -0.2) is 21.9 Å². The van der Waals surface area contributed by atoms with E-state index in [-0.39, 0.29) is 5.91 Å². The van der Waals surface area contributed by atoms with Gasteiger partial charge in [0.1, 0.15) is 5.69 Å². The lowest BCUT2D eigenvalue weighted by Gasteiger charge is -2.10. The summed E-state index contributed by atoms with van der Waals surface area (Å²) in [6, 6.07) is 0.370. The van der Waals surface area contributed by atoms with Gasteiger partial charge in [-0.2, -0.15) is 0 Å². The molecule has 1 aromatic rings. The van der Waals surface area contributed by atoms with Crippen LogP contribution in [0.1, 0.15) is 29.8 Å². The van der Waals surface area contributed by atoms with Crippen LogP contribution in [-0.2, 0) is 0 Å². The van der Waals surface area contributed by atoms with E-state index in [1.807, 2.05) is 0 Å². The third-order valence-corrected chi connectivity index (χ3v) is 5.05. The molecule has 1 heterocycles. The first kappa shape index (κ1) is 11.2. The van der Waals surface area contributed by atoms with Gasteiger partial charge in [0.25, 0.3) is 5.91 Å². The van der Waals surface area contributed by atoms with Gasteiger partial charge in [-0.25, -0.2) is 10.8 Å². The Morgan fingerprint density at radius 1 is 1.26 bits per heavy atom. The van der Waals surface area contributed by atoms with E-state index in [9.17, 15) is 4.79 Å². The molecule has 0 aliphatic heterocycles. The normalized spacial score (nSPS) is 37.8. The van der Waals surface area contributed by atoms with Gasteiger partial charge in [-0.15, -0.1) is 0 Å². The Kier molecular flexibility index (Phi) is 2.29. The van der Waals surface area contributed by atoms with Gasteiger partial charge in [-0.05, 0) is 42.9 Å². The number of anilines is 1. The molecule has 19 heavy (non-hydrogen) atoms. The van der Waals surface area contributed by atoms with Crippen LogP contribution in [0.25, 0.3) is 0 Å². The minimum Gasteiger partial charge on any atom is -0.347 e. The molecule has 3 fully saturated rings. The zero-order valence-corrected chi connectivity index (χ0v) is 10.5. The van der Waals surface area contributed by atoms with E-state index >= 15 is 0 Å². The highest BCUT2D eigenvalue weighted by atomic mass is 16.2. The zero-order chi connectivity index (χ0) is 13.0. The van der Waals surface area contributed by atoms with Crippen LogP contribution in [0.15, 0.2) is 12.4 Å². The van der Waals surface area contributed by atoms with E-state index < -0.39 is 0 Å². The predicted molar refractivity (Wildman–Crippen MR) is 68.9 cm³/mol. The molecule has 4 unspecified atom stereocenters. The van der Waals surface area contributed by atoms with Crippen molar-refractivity contribution in [2.24, 2.45) is 29.5 Å². The minimum atomic E-state index is -0.136. The van der Waals surface area contributed by atoms with Gasteiger partial charge in [0, 0.05) is 6.04 Å². The second-order valence-corrected chi connectivity index (χ2v) is 5.92. The molecule has 0 radical (unpaired) electrons. The van der Waals surface area contributed by atoms with Gasteiger partial charge in [0.2, 0.25) is 0 Å². The molecular weight excluding hydrogens is 242 g/mol. The van der Waals surface area contributed by atoms with Crippen molar-refractivity contribution in [1.29, 1.82) is 0 Å². The number of rotatable bonds is 3. The smallest absolute Gasteiger partial charge is 0.271 e. The molecule has 1 aromatic heterocycles. The van der Waals surface area contributed by atoms with Crippen LogP contribution >= 0.6 is 0 Å². The van der Waals surface area contributed by atoms with E-state index in [2.05, 4.69) is 20.7 Å². The fraction of sp³-hybridized carbons (Fsp3) is 0.615. The first-order valence-corrected chi connectivity index (χ1v) is 6.87. The molecule has 6 nitrogen and oxygen atoms in total. The third kappa shape index (κ3) is 1.63. The van der Waals surface area contributed by atoms with Crippen LogP contribution in [0.5, 0.6) is 0 Å². The second-order valence-electron chi connectivity index (χ2n) is 5.92. The van der Waals surface area contributed by atoms with Crippen LogP contribution in [0.2, 0.25) is 0 Å². The van der Waals surface area contributed by atoms with Crippen molar-refractivity contribution in [3.05, 3.63) is 18.1 Å². The topological polar surface area (TPSA) is 92.9 Å². The van der Waals surface area contributed by atoms with Gasteiger partial charge >= 0.3 is 0 Å². The molecule has 100 valence electrons. The van der Waals surface area contributed by atoms with Crippen molar-refractivity contribution >= 4 is 11.7 Å². The number of nitrogens with zero attached hydrogens (tertiary/aromatic N) is 2. The van der Waals surface area contributed by atoms with Crippen molar-refractivity contribution in [3.8, 4) is 0 Å². The molecule has 4 atom stereocenters. The number of nitrogen functional groups attached to an aromatic ring is 1. The maximum atomic E-state index is 12.1. The van der Waals surface area contributed by atoms with E-state index in [0.717, 1.165) is 23.7 Å². The molecule has 1 amide bonds. The van der Waals surface area contributed by atoms with Gasteiger partial charge < -0.3 is 10.7 Å². The summed E-state index contributed by atoms with van der Waals surface area (Å²) < 4.78 is 0. The second kappa shape index (κ2) is 3.90. The van der Waals surface area contributed by atoms with Crippen LogP contribution in [0.3, 0.4) is 0 Å². The first-order valence-electron chi connectivity index (χ1n) is 6.87. The summed E-state index contributed by atoms with van der Waals surface area (Å²) in [5.74, 6) is 8.70. The lowest BCUT2D eigenvalue weighted by Crippen LogP contribution is -2.31. The first-order chi connectivity index (χ1) is 9.28. The molecule has 4 N–H and O–H groups in total. The zero-order valence-electron chi connectivity index (χ0n) is 10.5. The summed E-state index contributed by atoms with van der Waals surface area (Å²) in [4.78, 5) is 20.2. The van der Waals surface area contributed by atoms with Crippen molar-refractivity contribution in [3.63, 3.8) is 0 Å². The van der Waals surface area contributed by atoms with Gasteiger partial charge in [0.15, 0.2) is 5.82 Å². The van der Waals surface area contributed by atoms with Crippen molar-refractivity contribution in [2.45, 2.75) is 25.3 Å². The minimum absolute atomic E-state index is 0.136. The molecule has 2 bridgehead atoms. The summed E-state index contributed by atoms with van der Waals surface area (Å²) in [6.45, 7) is 0. The quantitative estimate of drug-likeness (QED) is 0.544. The lowest BCUT2D eigenvalue weighted by molar-refractivity contribution is 0.0939. The maximum absolute atomic E-state index is 12.1. The SMILES string of the molecule is NNc1cncc(C(=O)NC2C3C4CCC(C4)C23)n1. The summed E-state index contributed by atoms with van der Waals surface area (Å²) in [5, 5.41) is 3.11. The number of aromatic nitrogens is 2. The highest BCUT2D eigenvalue weighted by Crippen LogP contribution is 2.65. The fourth-order valence-electron chi connectivity index (χ4n) is 4.29. The highest BCUT2D eigenvalue weighted by Gasteiger charge is 2.65. The predicted octanol–water partition coefficient (Wildman–Crippen LogP) is 0.536. The Balaban J connectivity index is 1.45. The average Bonchev–Trinajstić information content (AvgIpc) is 2.85. The van der Waals surface area contributed by atoms with Crippen molar-refractivity contribution in [2.75, 3.05) is 5.43 Å². The Morgan fingerprint density at radius 2 is 2.00 bits per heavy atom. The number of hydrogen-bond donors (Lipinski definition) is 3. The van der Waals surface area contributed by atoms with Crippen LogP contribution < -0.4 is 16.6 Å². The summed E-state index contributed by atoms with van der Waals surface area (Å²) in [6.07, 6.45) is 7.05. The molecule has 0 spiro atoms. The van der Waals surface area contributed by atoms with E-state index in [0.29, 0.717) is 17.6 Å². The van der Waals surface area contributed by atoms with Crippen LogP contribution in [0.4, 0.5) is 5.82 Å². The highest BCUT2D eigenvalue weighted by molar-refractivity contribution is 5.92. The third-order valence-electron chi connectivity index (χ3n) is 5.05. The molecule has 6 heteroatoms. The number of nitrogens with two attached hydrogens (primary N) is 1. The maximum Gasteiger partial charge on any atom is 0.271 e. The fourth-order valence-corrected chi connectivity index (χ4v) is 4.29. The monoisotopic (exact) mass is 259 g/mol. The number of carbonyl (C=O) groups excluding carboxylic acids is 1. The van der Waals surface area contributed by atoms with E-state index in [1.54, 1.807) is 0 Å². The number of fused-ring (bicyclic) bond motifs is 5. The largest absolute Gasteiger partial charge is 0.347 e. The molecular formula is C13H17N5O. The molecule has 3 aliphatic carbocycles. The number of nitrogens with one attached hydrogen (secondary N) is 2. The Morgan fingerprint density at radius 3 is 2.68 bits per heavy atom. The summed E-state index contributed by atoms with van der Waals surface area (Å²) in [5.41, 5.74) is 2.73.